The molecule has 2 amide bonds. The Bertz CT molecular complexity index is 615. The number of rotatable bonds is 7. The molecule has 0 fully saturated rings. The summed E-state index contributed by atoms with van der Waals surface area (Å²) in [4.78, 5) is 35.2. The summed E-state index contributed by atoms with van der Waals surface area (Å²) in [7, 11) is 0. The quantitative estimate of drug-likeness (QED) is 0.738. The first kappa shape index (κ1) is 20.7. The number of hydrogen-bond acceptors (Lipinski definition) is 4. The minimum absolute atomic E-state index is 0.000291. The number of nitrogens with one attached hydrogen (secondary N) is 1. The maximum atomic E-state index is 12.4. The molecule has 1 aromatic rings. The van der Waals surface area contributed by atoms with E-state index in [1.807, 2.05) is 26.0 Å². The number of primary amides is 1. The zero-order valence-electron chi connectivity index (χ0n) is 15.6. The lowest BCUT2D eigenvalue weighted by Crippen LogP contribution is -2.45. The van der Waals surface area contributed by atoms with Gasteiger partial charge in [0.05, 0.1) is 6.42 Å². The predicted molar refractivity (Wildman–Crippen MR) is 96.0 cm³/mol. The average molecular weight is 348 g/mol. The van der Waals surface area contributed by atoms with Gasteiger partial charge in [-0.2, -0.15) is 0 Å². The molecule has 3 N–H and O–H groups in total. The van der Waals surface area contributed by atoms with Crippen molar-refractivity contribution in [3.8, 4) is 0 Å². The van der Waals surface area contributed by atoms with Gasteiger partial charge in [-0.1, -0.05) is 46.8 Å². The summed E-state index contributed by atoms with van der Waals surface area (Å²) in [6.07, 6.45) is -0.0429. The van der Waals surface area contributed by atoms with Crippen molar-refractivity contribution in [1.82, 2.24) is 5.32 Å². The standard InChI is InChI=1S/C19H28N2O4/c1-12(2)16(18(24)25-11-10-15(20)22)21-17(23)13-6-8-14(9-7-13)19(3,4)5/h6-9,12,16H,10-11H2,1-5H3,(H2,20,22)(H,21,23)/t16-/m0/s1. The van der Waals surface area contributed by atoms with Crippen molar-refractivity contribution in [2.75, 3.05) is 6.61 Å². The summed E-state index contributed by atoms with van der Waals surface area (Å²) in [6, 6.07) is 6.51. The second-order valence-corrected chi connectivity index (χ2v) is 7.41. The molecule has 1 rings (SSSR count). The van der Waals surface area contributed by atoms with Crippen LogP contribution >= 0.6 is 0 Å². The average Bonchev–Trinajstić information content (AvgIpc) is 2.50. The third kappa shape index (κ3) is 6.57. The molecule has 6 nitrogen and oxygen atoms in total. The highest BCUT2D eigenvalue weighted by molar-refractivity contribution is 5.96. The van der Waals surface area contributed by atoms with Gasteiger partial charge in [0.25, 0.3) is 5.91 Å². The first-order valence-electron chi connectivity index (χ1n) is 8.38. The van der Waals surface area contributed by atoms with Gasteiger partial charge in [-0.3, -0.25) is 9.59 Å². The first-order chi connectivity index (χ1) is 11.5. The van der Waals surface area contributed by atoms with E-state index in [4.69, 9.17) is 10.5 Å². The fourth-order valence-electron chi connectivity index (χ4n) is 2.19. The van der Waals surface area contributed by atoms with Gasteiger partial charge in [-0.15, -0.1) is 0 Å². The molecule has 138 valence electrons. The number of benzene rings is 1. The van der Waals surface area contributed by atoms with E-state index in [0.717, 1.165) is 5.56 Å². The van der Waals surface area contributed by atoms with Crippen molar-refractivity contribution >= 4 is 17.8 Å². The van der Waals surface area contributed by atoms with Crippen LogP contribution in [0.15, 0.2) is 24.3 Å². The van der Waals surface area contributed by atoms with E-state index in [0.29, 0.717) is 5.56 Å². The van der Waals surface area contributed by atoms with E-state index >= 15 is 0 Å². The molecule has 0 heterocycles. The van der Waals surface area contributed by atoms with E-state index in [1.54, 1.807) is 12.1 Å². The van der Waals surface area contributed by atoms with Gasteiger partial charge >= 0.3 is 5.97 Å². The Morgan fingerprint density at radius 1 is 1.12 bits per heavy atom. The topological polar surface area (TPSA) is 98.5 Å². The molecule has 6 heteroatoms. The van der Waals surface area contributed by atoms with Crippen LogP contribution in [0.2, 0.25) is 0 Å². The minimum atomic E-state index is -0.789. The van der Waals surface area contributed by atoms with Gasteiger partial charge in [0.2, 0.25) is 5.91 Å². The highest BCUT2D eigenvalue weighted by atomic mass is 16.5. The Morgan fingerprint density at radius 2 is 1.68 bits per heavy atom. The molecule has 0 aromatic heterocycles. The summed E-state index contributed by atoms with van der Waals surface area (Å²) in [6.45, 7) is 9.82. The maximum absolute atomic E-state index is 12.4. The Balaban J connectivity index is 2.76. The molecule has 0 radical (unpaired) electrons. The maximum Gasteiger partial charge on any atom is 0.328 e. The number of esters is 1. The highest BCUT2D eigenvalue weighted by Crippen LogP contribution is 2.22. The van der Waals surface area contributed by atoms with Gasteiger partial charge in [-0.25, -0.2) is 4.79 Å². The fourth-order valence-corrected chi connectivity index (χ4v) is 2.19. The van der Waals surface area contributed by atoms with E-state index in [-0.39, 0.29) is 30.3 Å². The van der Waals surface area contributed by atoms with Crippen LogP contribution in [0.4, 0.5) is 0 Å². The summed E-state index contributed by atoms with van der Waals surface area (Å²) in [5.41, 5.74) is 6.61. The van der Waals surface area contributed by atoms with Crippen LogP contribution in [0.5, 0.6) is 0 Å². The molecule has 0 spiro atoms. The lowest BCUT2D eigenvalue weighted by atomic mass is 9.86. The van der Waals surface area contributed by atoms with Gasteiger partial charge in [0.1, 0.15) is 12.6 Å². The zero-order chi connectivity index (χ0) is 19.2. The molecule has 0 aliphatic heterocycles. The molecule has 1 aromatic carbocycles. The van der Waals surface area contributed by atoms with Gasteiger partial charge in [-0.05, 0) is 29.0 Å². The molecule has 25 heavy (non-hydrogen) atoms. The van der Waals surface area contributed by atoms with Crippen LogP contribution in [-0.2, 0) is 19.7 Å². The molecule has 0 saturated heterocycles. The zero-order valence-corrected chi connectivity index (χ0v) is 15.6. The molecular formula is C19H28N2O4. The smallest absolute Gasteiger partial charge is 0.328 e. The third-order valence-corrected chi connectivity index (χ3v) is 3.81. The SMILES string of the molecule is CC(C)[C@H](NC(=O)c1ccc(C(C)(C)C)cc1)C(=O)OCCC(N)=O. The van der Waals surface area contributed by atoms with Crippen LogP contribution in [0, 0.1) is 5.92 Å². The molecular weight excluding hydrogens is 320 g/mol. The molecule has 1 atom stereocenters. The Kier molecular flexibility index (Phi) is 7.15. The van der Waals surface area contributed by atoms with Gasteiger partial charge in [0.15, 0.2) is 0 Å². The second-order valence-electron chi connectivity index (χ2n) is 7.41. The summed E-state index contributed by atoms with van der Waals surface area (Å²) in [5, 5.41) is 2.70. The van der Waals surface area contributed by atoms with Crippen LogP contribution in [0.1, 0.15) is 57.0 Å². The summed E-state index contributed by atoms with van der Waals surface area (Å²) < 4.78 is 5.02. The number of ether oxygens (including phenoxy) is 1. The Hall–Kier alpha value is -2.37. The number of nitrogens with two attached hydrogens (primary N) is 1. The molecule has 0 aliphatic rings. The second kappa shape index (κ2) is 8.65. The number of carbonyl (C=O) groups is 3. The van der Waals surface area contributed by atoms with Crippen molar-refractivity contribution in [2.45, 2.75) is 52.5 Å². The Morgan fingerprint density at radius 3 is 2.12 bits per heavy atom. The normalized spacial score (nSPS) is 12.6. The van der Waals surface area contributed by atoms with Gasteiger partial charge < -0.3 is 15.8 Å². The number of hydrogen-bond donors (Lipinski definition) is 2. The lowest BCUT2D eigenvalue weighted by Gasteiger charge is -2.22. The van der Waals surface area contributed by atoms with Crippen molar-refractivity contribution in [2.24, 2.45) is 11.7 Å². The summed E-state index contributed by atoms with van der Waals surface area (Å²) in [5.74, 6) is -1.61. The van der Waals surface area contributed by atoms with Crippen LogP contribution in [-0.4, -0.2) is 30.4 Å². The van der Waals surface area contributed by atoms with Gasteiger partial charge in [0, 0.05) is 5.56 Å². The fraction of sp³-hybridized carbons (Fsp3) is 0.526. The van der Waals surface area contributed by atoms with Crippen molar-refractivity contribution in [3.05, 3.63) is 35.4 Å². The molecule has 0 saturated carbocycles. The van der Waals surface area contributed by atoms with Crippen LogP contribution < -0.4 is 11.1 Å². The predicted octanol–water partition coefficient (Wildman–Crippen LogP) is 2.16. The molecule has 0 aliphatic carbocycles. The lowest BCUT2D eigenvalue weighted by molar-refractivity contribution is -0.147. The Labute approximate surface area is 149 Å². The third-order valence-electron chi connectivity index (χ3n) is 3.81. The van der Waals surface area contributed by atoms with Crippen molar-refractivity contribution in [3.63, 3.8) is 0 Å². The number of carbonyl (C=O) groups excluding carboxylic acids is 3. The van der Waals surface area contributed by atoms with E-state index in [1.165, 1.54) is 0 Å². The van der Waals surface area contributed by atoms with Crippen molar-refractivity contribution < 1.29 is 19.1 Å². The first-order valence-corrected chi connectivity index (χ1v) is 8.38. The van der Waals surface area contributed by atoms with Crippen molar-refractivity contribution in [1.29, 1.82) is 0 Å². The van der Waals surface area contributed by atoms with Crippen LogP contribution in [0.3, 0.4) is 0 Å². The monoisotopic (exact) mass is 348 g/mol. The van der Waals surface area contributed by atoms with Crippen LogP contribution in [0.25, 0.3) is 0 Å². The molecule has 0 bridgehead atoms. The molecule has 0 unspecified atom stereocenters. The minimum Gasteiger partial charge on any atom is -0.464 e. The van der Waals surface area contributed by atoms with E-state index in [2.05, 4.69) is 26.1 Å². The van der Waals surface area contributed by atoms with E-state index in [9.17, 15) is 14.4 Å². The largest absolute Gasteiger partial charge is 0.464 e. The van der Waals surface area contributed by atoms with E-state index < -0.39 is 17.9 Å². The highest BCUT2D eigenvalue weighted by Gasteiger charge is 2.26. The number of amides is 2. The summed E-state index contributed by atoms with van der Waals surface area (Å²) >= 11 is 0.